The van der Waals surface area contributed by atoms with Crippen molar-refractivity contribution in [2.45, 2.75) is 31.7 Å². The molecule has 0 amide bonds. The van der Waals surface area contributed by atoms with E-state index in [9.17, 15) is 26.3 Å². The van der Waals surface area contributed by atoms with Crippen molar-refractivity contribution in [1.29, 1.82) is 0 Å². The number of nitrogens with one attached hydrogen (secondary N) is 1. The van der Waals surface area contributed by atoms with Crippen LogP contribution in [0.3, 0.4) is 0 Å². The fraction of sp³-hybridized carbons (Fsp3) is 0.429. The lowest BCUT2D eigenvalue weighted by molar-refractivity contribution is -0.923. The van der Waals surface area contributed by atoms with Crippen LogP contribution in [0.4, 0.5) is 32.0 Å². The van der Waals surface area contributed by atoms with Crippen LogP contribution in [-0.4, -0.2) is 32.2 Å². The summed E-state index contributed by atoms with van der Waals surface area (Å²) >= 11 is 0. The first-order valence-corrected chi connectivity index (χ1v) is 9.47. The van der Waals surface area contributed by atoms with E-state index in [4.69, 9.17) is 0 Å². The van der Waals surface area contributed by atoms with Gasteiger partial charge < -0.3 is 9.80 Å². The largest absolute Gasteiger partial charge is 0.416 e. The summed E-state index contributed by atoms with van der Waals surface area (Å²) in [5, 5.41) is 0. The van der Waals surface area contributed by atoms with Gasteiger partial charge in [0, 0.05) is 12.1 Å². The predicted octanol–water partition coefficient (Wildman–Crippen LogP) is 4.06. The number of alkyl halides is 6. The van der Waals surface area contributed by atoms with E-state index in [-0.39, 0.29) is 6.04 Å². The Morgan fingerprint density at radius 2 is 1.41 bits per heavy atom. The minimum absolute atomic E-state index is 0.113. The van der Waals surface area contributed by atoms with Crippen molar-refractivity contribution in [2.24, 2.45) is 0 Å². The molecule has 0 aromatic heterocycles. The summed E-state index contributed by atoms with van der Waals surface area (Å²) in [6, 6.07) is 10.8. The molecule has 1 aliphatic rings. The molecule has 1 heterocycles. The van der Waals surface area contributed by atoms with E-state index in [0.29, 0.717) is 30.8 Å². The molecule has 1 N–H and O–H groups in total. The second kappa shape index (κ2) is 8.26. The van der Waals surface area contributed by atoms with E-state index in [2.05, 4.69) is 0 Å². The molecule has 2 aromatic rings. The number of anilines is 1. The molecular weight excluding hydrogens is 394 g/mol. The van der Waals surface area contributed by atoms with Gasteiger partial charge in [-0.2, -0.15) is 26.3 Å². The molecule has 8 heteroatoms. The smallest absolute Gasteiger partial charge is 0.360 e. The summed E-state index contributed by atoms with van der Waals surface area (Å²) in [7, 11) is 0. The van der Waals surface area contributed by atoms with Crippen LogP contribution in [0.25, 0.3) is 0 Å². The van der Waals surface area contributed by atoms with Crippen LogP contribution in [0.15, 0.2) is 48.5 Å². The fourth-order valence-electron chi connectivity index (χ4n) is 3.80. The van der Waals surface area contributed by atoms with Crippen molar-refractivity contribution in [3.63, 3.8) is 0 Å². The van der Waals surface area contributed by atoms with Crippen LogP contribution in [0, 0.1) is 0 Å². The van der Waals surface area contributed by atoms with E-state index in [1.165, 1.54) is 23.1 Å². The van der Waals surface area contributed by atoms with Gasteiger partial charge in [-0.05, 0) is 36.8 Å². The molecule has 2 nitrogen and oxygen atoms in total. The van der Waals surface area contributed by atoms with E-state index in [0.717, 1.165) is 31.3 Å². The van der Waals surface area contributed by atoms with Gasteiger partial charge >= 0.3 is 12.4 Å². The van der Waals surface area contributed by atoms with Gasteiger partial charge in [-0.25, -0.2) is 0 Å². The highest BCUT2D eigenvalue weighted by Gasteiger charge is 2.32. The summed E-state index contributed by atoms with van der Waals surface area (Å²) in [5.74, 6) is 0. The first kappa shape index (κ1) is 21.5. The van der Waals surface area contributed by atoms with E-state index in [1.54, 1.807) is 12.1 Å². The molecule has 0 spiro atoms. The average Bonchev–Trinajstić information content (AvgIpc) is 2.67. The van der Waals surface area contributed by atoms with Crippen LogP contribution < -0.4 is 9.80 Å². The zero-order valence-corrected chi connectivity index (χ0v) is 15.9. The maximum absolute atomic E-state index is 12.9. The first-order chi connectivity index (χ1) is 13.5. The normalized spacial score (nSPS) is 17.4. The number of nitrogens with zero attached hydrogens (tertiary/aromatic N) is 1. The Morgan fingerprint density at radius 1 is 0.862 bits per heavy atom. The number of benzene rings is 2. The van der Waals surface area contributed by atoms with Crippen LogP contribution >= 0.6 is 0 Å². The van der Waals surface area contributed by atoms with Gasteiger partial charge in [-0.15, -0.1) is 0 Å². The number of hydrogen-bond acceptors (Lipinski definition) is 1. The SMILES string of the molecule is C[C@H](Cc1cccc(C(F)(F)F)c1)[NH+]1CCN(c2cccc(C(F)(F)F)c2)CC1. The second-order valence-electron chi connectivity index (χ2n) is 7.50. The van der Waals surface area contributed by atoms with Crippen molar-refractivity contribution in [3.8, 4) is 0 Å². The molecule has 1 atom stereocenters. The number of rotatable bonds is 4. The topological polar surface area (TPSA) is 7.68 Å². The maximum Gasteiger partial charge on any atom is 0.416 e. The molecule has 0 saturated carbocycles. The first-order valence-electron chi connectivity index (χ1n) is 9.47. The minimum atomic E-state index is -4.37. The molecule has 29 heavy (non-hydrogen) atoms. The molecule has 0 bridgehead atoms. The van der Waals surface area contributed by atoms with Crippen molar-refractivity contribution in [3.05, 3.63) is 65.2 Å². The Hall–Kier alpha value is -2.22. The van der Waals surface area contributed by atoms with Gasteiger partial charge in [0.1, 0.15) is 0 Å². The molecule has 1 aliphatic heterocycles. The fourth-order valence-corrected chi connectivity index (χ4v) is 3.80. The van der Waals surface area contributed by atoms with Crippen molar-refractivity contribution in [2.75, 3.05) is 31.1 Å². The molecule has 0 radical (unpaired) electrons. The molecule has 1 fully saturated rings. The minimum Gasteiger partial charge on any atom is -0.360 e. The quantitative estimate of drug-likeness (QED) is 0.738. The number of halogens is 6. The number of hydrogen-bond donors (Lipinski definition) is 1. The summed E-state index contributed by atoms with van der Waals surface area (Å²) in [6.07, 6.45) is -8.21. The molecule has 1 saturated heterocycles. The zero-order chi connectivity index (χ0) is 21.2. The summed E-state index contributed by atoms with van der Waals surface area (Å²) in [6.45, 7) is 4.63. The van der Waals surface area contributed by atoms with Gasteiger partial charge in [0.2, 0.25) is 0 Å². The van der Waals surface area contributed by atoms with Gasteiger partial charge in [0.05, 0.1) is 43.3 Å². The zero-order valence-electron chi connectivity index (χ0n) is 15.9. The van der Waals surface area contributed by atoms with E-state index < -0.39 is 23.5 Å². The highest BCUT2D eigenvalue weighted by Crippen LogP contribution is 2.32. The molecular formula is C21H23F6N2+. The van der Waals surface area contributed by atoms with E-state index in [1.807, 2.05) is 11.8 Å². The number of piperazine rings is 1. The van der Waals surface area contributed by atoms with Gasteiger partial charge in [0.25, 0.3) is 0 Å². The Morgan fingerprint density at radius 3 is 2.00 bits per heavy atom. The molecule has 0 aliphatic carbocycles. The highest BCUT2D eigenvalue weighted by atomic mass is 19.4. The third-order valence-electron chi connectivity index (χ3n) is 5.44. The van der Waals surface area contributed by atoms with Gasteiger partial charge in [-0.1, -0.05) is 24.3 Å². The molecule has 0 unspecified atom stereocenters. The van der Waals surface area contributed by atoms with Crippen LogP contribution in [-0.2, 0) is 18.8 Å². The lowest BCUT2D eigenvalue weighted by Gasteiger charge is -2.36. The standard InChI is InChI=1S/C21H22F6N2/c1-15(12-16-4-2-5-17(13-16)20(22,23)24)28-8-10-29(11-9-28)19-7-3-6-18(14-19)21(25,26)27/h2-7,13-15H,8-12H2,1H3/p+1/t15-/m1/s1. The van der Waals surface area contributed by atoms with Crippen LogP contribution in [0.5, 0.6) is 0 Å². The molecule has 158 valence electrons. The monoisotopic (exact) mass is 417 g/mol. The Labute approximate surface area is 165 Å². The third kappa shape index (κ3) is 5.44. The predicted molar refractivity (Wildman–Crippen MR) is 99.0 cm³/mol. The molecule has 2 aromatic carbocycles. The van der Waals surface area contributed by atoms with Crippen LogP contribution in [0.2, 0.25) is 0 Å². The Balaban J connectivity index is 1.60. The lowest BCUT2D eigenvalue weighted by atomic mass is 10.0. The average molecular weight is 417 g/mol. The van der Waals surface area contributed by atoms with Gasteiger partial charge in [0.15, 0.2) is 0 Å². The van der Waals surface area contributed by atoms with Crippen molar-refractivity contribution < 1.29 is 31.2 Å². The Kier molecular flexibility index (Phi) is 6.12. The highest BCUT2D eigenvalue weighted by molar-refractivity contribution is 5.49. The second-order valence-corrected chi connectivity index (χ2v) is 7.50. The van der Waals surface area contributed by atoms with Crippen molar-refractivity contribution in [1.82, 2.24) is 0 Å². The summed E-state index contributed by atoms with van der Waals surface area (Å²) < 4.78 is 77.4. The summed E-state index contributed by atoms with van der Waals surface area (Å²) in [5.41, 5.74) is -0.126. The lowest BCUT2D eigenvalue weighted by Crippen LogP contribution is -3.18. The third-order valence-corrected chi connectivity index (χ3v) is 5.44. The molecule has 3 rings (SSSR count). The van der Waals surface area contributed by atoms with Gasteiger partial charge in [-0.3, -0.25) is 0 Å². The Bertz CT molecular complexity index is 822. The van der Waals surface area contributed by atoms with Crippen molar-refractivity contribution >= 4 is 5.69 Å². The number of quaternary nitrogens is 1. The van der Waals surface area contributed by atoms with E-state index >= 15 is 0 Å². The van der Waals surface area contributed by atoms with Crippen LogP contribution in [0.1, 0.15) is 23.6 Å². The maximum atomic E-state index is 12.9. The summed E-state index contributed by atoms with van der Waals surface area (Å²) in [4.78, 5) is 3.17.